The van der Waals surface area contributed by atoms with Gasteiger partial charge in [-0.25, -0.2) is 0 Å². The smallest absolute Gasteiger partial charge is 0.441 e. The van der Waals surface area contributed by atoms with Crippen LogP contribution in [0.1, 0.15) is 13.3 Å². The number of alkyl halides is 3. The van der Waals surface area contributed by atoms with E-state index in [1.54, 1.807) is 11.8 Å². The van der Waals surface area contributed by atoms with Crippen LogP contribution in [0.3, 0.4) is 0 Å². The van der Waals surface area contributed by atoms with Crippen LogP contribution in [0.2, 0.25) is 0 Å². The van der Waals surface area contributed by atoms with Crippen LogP contribution >= 0.6 is 11.8 Å². The minimum absolute atomic E-state index is 0.0372. The van der Waals surface area contributed by atoms with E-state index in [0.717, 1.165) is 0 Å². The van der Waals surface area contributed by atoms with E-state index in [1.807, 2.05) is 0 Å². The van der Waals surface area contributed by atoms with Crippen molar-refractivity contribution < 1.29 is 23.1 Å². The summed E-state index contributed by atoms with van der Waals surface area (Å²) in [7, 11) is 0. The molecule has 3 nitrogen and oxygen atoms in total. The lowest BCUT2D eigenvalue weighted by Gasteiger charge is -2.19. The highest BCUT2D eigenvalue weighted by molar-refractivity contribution is 8.00. The van der Waals surface area contributed by atoms with E-state index in [0.29, 0.717) is 13.1 Å². The third-order valence-electron chi connectivity index (χ3n) is 1.76. The molecule has 0 heterocycles. The van der Waals surface area contributed by atoms with Gasteiger partial charge in [0, 0.05) is 18.8 Å². The quantitative estimate of drug-likeness (QED) is 0.745. The Labute approximate surface area is 90.6 Å². The zero-order chi connectivity index (χ0) is 11.9. The highest BCUT2D eigenvalue weighted by Crippen LogP contribution is 2.29. The van der Waals surface area contributed by atoms with Gasteiger partial charge in [-0.15, -0.1) is 0 Å². The van der Waals surface area contributed by atoms with Crippen LogP contribution in [0.4, 0.5) is 13.2 Å². The normalized spacial score (nSPS) is 12.1. The molecule has 0 aliphatic heterocycles. The van der Waals surface area contributed by atoms with Gasteiger partial charge in [-0.3, -0.25) is 4.79 Å². The van der Waals surface area contributed by atoms with Gasteiger partial charge >= 0.3 is 11.5 Å². The lowest BCUT2D eigenvalue weighted by Crippen LogP contribution is -2.29. The lowest BCUT2D eigenvalue weighted by molar-refractivity contribution is -0.137. The molecule has 0 fully saturated rings. The molecule has 0 aromatic rings. The van der Waals surface area contributed by atoms with E-state index < -0.39 is 11.5 Å². The number of hydrogen-bond acceptors (Lipinski definition) is 3. The molecule has 7 heteroatoms. The van der Waals surface area contributed by atoms with Crippen LogP contribution < -0.4 is 0 Å². The van der Waals surface area contributed by atoms with Crippen molar-refractivity contribution in [1.82, 2.24) is 4.90 Å². The molecule has 0 aliphatic carbocycles. The van der Waals surface area contributed by atoms with E-state index in [-0.39, 0.29) is 30.5 Å². The summed E-state index contributed by atoms with van der Waals surface area (Å²) < 4.78 is 35.3. The molecule has 0 unspecified atom stereocenters. The second kappa shape index (κ2) is 6.95. The summed E-state index contributed by atoms with van der Waals surface area (Å²) in [6.07, 6.45) is -0.0372. The SMILES string of the molecule is CCN(CCSC(F)(F)F)CCC(=O)O. The van der Waals surface area contributed by atoms with Crippen molar-refractivity contribution >= 4 is 17.7 Å². The molecule has 1 N–H and O–H groups in total. The zero-order valence-corrected chi connectivity index (χ0v) is 9.20. The van der Waals surface area contributed by atoms with Crippen LogP contribution in [0, 0.1) is 0 Å². The van der Waals surface area contributed by atoms with Crippen molar-refractivity contribution in [1.29, 1.82) is 0 Å². The topological polar surface area (TPSA) is 40.5 Å². The Hall–Kier alpha value is -0.430. The van der Waals surface area contributed by atoms with E-state index in [9.17, 15) is 18.0 Å². The summed E-state index contributed by atoms with van der Waals surface area (Å²) in [4.78, 5) is 11.9. The molecule has 0 bridgehead atoms. The maximum Gasteiger partial charge on any atom is 0.441 e. The predicted molar refractivity (Wildman–Crippen MR) is 52.9 cm³/mol. The number of carbonyl (C=O) groups is 1. The summed E-state index contributed by atoms with van der Waals surface area (Å²) in [5.41, 5.74) is -4.20. The van der Waals surface area contributed by atoms with E-state index in [1.165, 1.54) is 0 Å². The van der Waals surface area contributed by atoms with E-state index in [4.69, 9.17) is 5.11 Å². The molecule has 0 rings (SSSR count). The van der Waals surface area contributed by atoms with Crippen LogP contribution in [-0.2, 0) is 4.79 Å². The fourth-order valence-corrected chi connectivity index (χ4v) is 1.55. The van der Waals surface area contributed by atoms with E-state index in [2.05, 4.69) is 0 Å². The Morgan fingerprint density at radius 3 is 2.40 bits per heavy atom. The molecule has 0 saturated heterocycles. The summed E-state index contributed by atoms with van der Waals surface area (Å²) >= 11 is -0.0776. The second-order valence-corrected chi connectivity index (χ2v) is 4.03. The van der Waals surface area contributed by atoms with Gasteiger partial charge in [0.25, 0.3) is 0 Å². The maximum atomic E-state index is 11.8. The maximum absolute atomic E-state index is 11.8. The Balaban J connectivity index is 3.66. The van der Waals surface area contributed by atoms with Crippen molar-refractivity contribution in [2.45, 2.75) is 18.9 Å². The first-order valence-corrected chi connectivity index (χ1v) is 5.48. The van der Waals surface area contributed by atoms with Crippen molar-refractivity contribution in [3.63, 3.8) is 0 Å². The number of halogens is 3. The average Bonchev–Trinajstić information content (AvgIpc) is 2.08. The van der Waals surface area contributed by atoms with Gasteiger partial charge < -0.3 is 10.0 Å². The second-order valence-electron chi connectivity index (χ2n) is 2.87. The van der Waals surface area contributed by atoms with Gasteiger partial charge in [0.1, 0.15) is 0 Å². The van der Waals surface area contributed by atoms with E-state index >= 15 is 0 Å². The fourth-order valence-electron chi connectivity index (χ4n) is 0.972. The Morgan fingerprint density at radius 1 is 1.40 bits per heavy atom. The average molecular weight is 245 g/mol. The Bertz CT molecular complexity index is 199. The van der Waals surface area contributed by atoms with Gasteiger partial charge in [0.05, 0.1) is 6.42 Å². The van der Waals surface area contributed by atoms with Gasteiger partial charge in [-0.2, -0.15) is 13.2 Å². The summed E-state index contributed by atoms with van der Waals surface area (Å²) in [5, 5.41) is 8.40. The molecular weight excluding hydrogens is 231 g/mol. The van der Waals surface area contributed by atoms with Gasteiger partial charge in [-0.05, 0) is 18.3 Å². The third kappa shape index (κ3) is 9.86. The standard InChI is InChI=1S/C8H14F3NO2S/c1-2-12(4-3-7(13)14)5-6-15-8(9,10)11/h2-6H2,1H3,(H,13,14). The number of hydrogen-bond donors (Lipinski definition) is 1. The Kier molecular flexibility index (Phi) is 6.75. The first-order valence-electron chi connectivity index (χ1n) is 4.50. The molecule has 0 amide bonds. The molecule has 0 saturated carbocycles. The molecule has 0 radical (unpaired) electrons. The molecule has 0 aromatic carbocycles. The van der Waals surface area contributed by atoms with Gasteiger partial charge in [0.15, 0.2) is 0 Å². The molecule has 0 aromatic heterocycles. The highest BCUT2D eigenvalue weighted by Gasteiger charge is 2.27. The predicted octanol–water partition coefficient (Wildman–Crippen LogP) is 2.04. The Morgan fingerprint density at radius 2 is 2.00 bits per heavy atom. The third-order valence-corrected chi connectivity index (χ3v) is 2.48. The number of rotatable bonds is 7. The summed E-state index contributed by atoms with van der Waals surface area (Å²) in [6, 6.07) is 0. The minimum atomic E-state index is -4.20. The zero-order valence-electron chi connectivity index (χ0n) is 8.38. The van der Waals surface area contributed by atoms with Gasteiger partial charge in [0.2, 0.25) is 0 Å². The van der Waals surface area contributed by atoms with Crippen LogP contribution in [0.5, 0.6) is 0 Å². The minimum Gasteiger partial charge on any atom is -0.481 e. The molecular formula is C8H14F3NO2S. The number of carboxylic acid groups (broad SMARTS) is 1. The fraction of sp³-hybridized carbons (Fsp3) is 0.875. The van der Waals surface area contributed by atoms with Gasteiger partial charge in [-0.1, -0.05) is 6.92 Å². The number of aliphatic carboxylic acids is 1. The lowest BCUT2D eigenvalue weighted by atomic mass is 10.4. The van der Waals surface area contributed by atoms with Crippen LogP contribution in [0.25, 0.3) is 0 Å². The van der Waals surface area contributed by atoms with Crippen molar-refractivity contribution in [2.24, 2.45) is 0 Å². The molecule has 0 aliphatic rings. The van der Waals surface area contributed by atoms with Crippen LogP contribution in [-0.4, -0.2) is 46.9 Å². The molecule has 15 heavy (non-hydrogen) atoms. The molecule has 0 spiro atoms. The largest absolute Gasteiger partial charge is 0.481 e. The number of carboxylic acids is 1. The first kappa shape index (κ1) is 14.6. The number of nitrogens with zero attached hydrogens (tertiary/aromatic N) is 1. The van der Waals surface area contributed by atoms with Crippen molar-refractivity contribution in [3.05, 3.63) is 0 Å². The molecule has 90 valence electrons. The van der Waals surface area contributed by atoms with Crippen molar-refractivity contribution in [3.8, 4) is 0 Å². The number of thioether (sulfide) groups is 1. The highest BCUT2D eigenvalue weighted by atomic mass is 32.2. The molecule has 0 atom stereocenters. The summed E-state index contributed by atoms with van der Waals surface area (Å²) in [5.74, 6) is -0.992. The first-order chi connectivity index (χ1) is 6.85. The van der Waals surface area contributed by atoms with Crippen LogP contribution in [0.15, 0.2) is 0 Å². The summed E-state index contributed by atoms with van der Waals surface area (Å²) in [6.45, 7) is 2.91. The van der Waals surface area contributed by atoms with Crippen molar-refractivity contribution in [2.75, 3.05) is 25.4 Å². The monoisotopic (exact) mass is 245 g/mol.